The van der Waals surface area contributed by atoms with Crippen molar-refractivity contribution in [1.82, 2.24) is 0 Å². The van der Waals surface area contributed by atoms with Crippen LogP contribution in [0.25, 0.3) is 0 Å². The van der Waals surface area contributed by atoms with Gasteiger partial charge in [-0.15, -0.1) is 0 Å². The van der Waals surface area contributed by atoms with E-state index < -0.39 is 0 Å². The van der Waals surface area contributed by atoms with Gasteiger partial charge in [0.15, 0.2) is 0 Å². The summed E-state index contributed by atoms with van der Waals surface area (Å²) in [5, 5.41) is 0. The fraction of sp³-hybridized carbons (Fsp3) is 0.417. The van der Waals surface area contributed by atoms with E-state index in [0.29, 0.717) is 23.7 Å². The van der Waals surface area contributed by atoms with Crippen LogP contribution < -0.4 is 0 Å². The maximum atomic E-state index is 11.7. The van der Waals surface area contributed by atoms with E-state index in [1.165, 1.54) is 46.3 Å². The van der Waals surface area contributed by atoms with Crippen LogP contribution in [0.3, 0.4) is 0 Å². The molecule has 0 radical (unpaired) electrons. The van der Waals surface area contributed by atoms with Crippen molar-refractivity contribution in [2.75, 3.05) is 20.8 Å². The largest absolute Gasteiger partial charge is 0.465 e. The molecule has 0 amide bonds. The lowest BCUT2D eigenvalue weighted by molar-refractivity contribution is 0.0418. The number of hydrogen-bond donors (Lipinski definition) is 0. The summed E-state index contributed by atoms with van der Waals surface area (Å²) in [6, 6.07) is 14.6. The third-order valence-electron chi connectivity index (χ3n) is 5.49. The van der Waals surface area contributed by atoms with Gasteiger partial charge in [0, 0.05) is 0 Å². The summed E-state index contributed by atoms with van der Waals surface area (Å²) in [5.74, 6) is -0.146. The normalized spacial score (nSPS) is 14.6. The van der Waals surface area contributed by atoms with E-state index in [0.717, 1.165) is 11.1 Å². The summed E-state index contributed by atoms with van der Waals surface area (Å²) in [4.78, 5) is 23.5. The predicted octanol–water partition coefficient (Wildman–Crippen LogP) is 4.95. The Morgan fingerprint density at radius 3 is 1.66 bits per heavy atom. The van der Waals surface area contributed by atoms with E-state index in [1.54, 1.807) is 24.3 Å². The lowest BCUT2D eigenvalue weighted by atomic mass is 9.90. The third-order valence-corrected chi connectivity index (χ3v) is 5.49. The lowest BCUT2D eigenvalue weighted by Gasteiger charge is -2.25. The molecule has 2 aromatic carbocycles. The van der Waals surface area contributed by atoms with Crippen molar-refractivity contribution < 1.29 is 23.8 Å². The SMILES string of the molecule is COC(=O)c1ccc(C(OCC2CCCCC2)c2ccc(C(=O)OC)cc2)cc1. The fourth-order valence-corrected chi connectivity index (χ4v) is 3.79. The molecule has 0 aromatic heterocycles. The van der Waals surface area contributed by atoms with Crippen LogP contribution in [0.1, 0.15) is 70.1 Å². The number of carbonyl (C=O) groups excluding carboxylic acids is 2. The molecule has 1 aliphatic carbocycles. The number of benzene rings is 2. The Kier molecular flexibility index (Phi) is 7.42. The van der Waals surface area contributed by atoms with Crippen molar-refractivity contribution >= 4 is 11.9 Å². The molecular weight excluding hydrogens is 368 g/mol. The standard InChI is InChI=1S/C24H28O5/c1-27-23(25)20-12-8-18(9-13-20)22(29-16-17-6-4-3-5-7-17)19-10-14-21(15-11-19)24(26)28-2/h8-15,17,22H,3-7,16H2,1-2H3. The van der Waals surface area contributed by atoms with Gasteiger partial charge in [-0.2, -0.15) is 0 Å². The van der Waals surface area contributed by atoms with Crippen molar-refractivity contribution in [1.29, 1.82) is 0 Å². The van der Waals surface area contributed by atoms with Crippen LogP contribution in [0.5, 0.6) is 0 Å². The second-order valence-electron chi connectivity index (χ2n) is 7.44. The summed E-state index contributed by atoms with van der Waals surface area (Å²) in [5.41, 5.74) is 2.92. The Hall–Kier alpha value is -2.66. The second-order valence-corrected chi connectivity index (χ2v) is 7.44. The molecule has 0 atom stereocenters. The van der Waals surface area contributed by atoms with Gasteiger partial charge in [0.05, 0.1) is 32.0 Å². The van der Waals surface area contributed by atoms with Gasteiger partial charge in [0.25, 0.3) is 0 Å². The molecule has 1 fully saturated rings. The molecule has 0 bridgehead atoms. The van der Waals surface area contributed by atoms with E-state index in [4.69, 9.17) is 14.2 Å². The van der Waals surface area contributed by atoms with Gasteiger partial charge in [-0.3, -0.25) is 0 Å². The Morgan fingerprint density at radius 1 is 0.793 bits per heavy atom. The monoisotopic (exact) mass is 396 g/mol. The third kappa shape index (κ3) is 5.45. The maximum Gasteiger partial charge on any atom is 0.337 e. The summed E-state index contributed by atoms with van der Waals surface area (Å²) < 4.78 is 15.9. The number of methoxy groups -OCH3 is 2. The molecule has 5 nitrogen and oxygen atoms in total. The zero-order chi connectivity index (χ0) is 20.6. The van der Waals surface area contributed by atoms with Crippen LogP contribution in [-0.4, -0.2) is 32.8 Å². The molecule has 5 heteroatoms. The highest BCUT2D eigenvalue weighted by molar-refractivity contribution is 5.89. The van der Waals surface area contributed by atoms with Crippen LogP contribution in [0.4, 0.5) is 0 Å². The molecule has 0 saturated heterocycles. The summed E-state index contributed by atoms with van der Waals surface area (Å²) in [6.45, 7) is 0.697. The van der Waals surface area contributed by atoms with Crippen molar-refractivity contribution in [2.45, 2.75) is 38.2 Å². The van der Waals surface area contributed by atoms with Crippen LogP contribution >= 0.6 is 0 Å². The van der Waals surface area contributed by atoms with Crippen LogP contribution in [0.15, 0.2) is 48.5 Å². The smallest absolute Gasteiger partial charge is 0.337 e. The summed E-state index contributed by atoms with van der Waals surface area (Å²) >= 11 is 0. The average molecular weight is 396 g/mol. The minimum Gasteiger partial charge on any atom is -0.465 e. The lowest BCUT2D eigenvalue weighted by Crippen LogP contribution is -2.17. The van der Waals surface area contributed by atoms with Crippen molar-refractivity contribution in [3.63, 3.8) is 0 Å². The molecule has 1 aliphatic rings. The van der Waals surface area contributed by atoms with Crippen LogP contribution in [-0.2, 0) is 14.2 Å². The van der Waals surface area contributed by atoms with Gasteiger partial charge in [0.2, 0.25) is 0 Å². The van der Waals surface area contributed by atoms with Gasteiger partial charge in [-0.25, -0.2) is 9.59 Å². The minimum atomic E-state index is -0.362. The molecule has 2 aromatic rings. The summed E-state index contributed by atoms with van der Waals surface area (Å²) in [6.07, 6.45) is 5.98. The first-order valence-corrected chi connectivity index (χ1v) is 10.1. The maximum absolute atomic E-state index is 11.7. The average Bonchev–Trinajstić information content (AvgIpc) is 2.79. The summed E-state index contributed by atoms with van der Waals surface area (Å²) in [7, 11) is 2.74. The Morgan fingerprint density at radius 2 is 1.24 bits per heavy atom. The highest BCUT2D eigenvalue weighted by atomic mass is 16.5. The number of rotatable bonds is 7. The van der Waals surface area contributed by atoms with Gasteiger partial charge >= 0.3 is 11.9 Å². The molecule has 0 N–H and O–H groups in total. The first-order chi connectivity index (χ1) is 14.1. The van der Waals surface area contributed by atoms with Crippen molar-refractivity contribution in [3.05, 3.63) is 70.8 Å². The Bertz CT molecular complexity index is 745. The van der Waals surface area contributed by atoms with E-state index in [1.807, 2.05) is 24.3 Å². The van der Waals surface area contributed by atoms with E-state index >= 15 is 0 Å². The fourth-order valence-electron chi connectivity index (χ4n) is 3.79. The Balaban J connectivity index is 1.82. The molecule has 1 saturated carbocycles. The molecule has 0 aliphatic heterocycles. The number of ether oxygens (including phenoxy) is 3. The zero-order valence-corrected chi connectivity index (χ0v) is 17.1. The first-order valence-electron chi connectivity index (χ1n) is 10.1. The number of hydrogen-bond acceptors (Lipinski definition) is 5. The van der Waals surface area contributed by atoms with Gasteiger partial charge in [0.1, 0.15) is 6.10 Å². The number of carbonyl (C=O) groups is 2. The highest BCUT2D eigenvalue weighted by Crippen LogP contribution is 2.30. The molecule has 0 spiro atoms. The van der Waals surface area contributed by atoms with Gasteiger partial charge < -0.3 is 14.2 Å². The van der Waals surface area contributed by atoms with E-state index in [-0.39, 0.29) is 18.0 Å². The second kappa shape index (κ2) is 10.2. The first kappa shape index (κ1) is 21.1. The minimum absolute atomic E-state index is 0.268. The highest BCUT2D eigenvalue weighted by Gasteiger charge is 2.20. The molecule has 29 heavy (non-hydrogen) atoms. The number of esters is 2. The van der Waals surface area contributed by atoms with Gasteiger partial charge in [-0.05, 0) is 54.2 Å². The van der Waals surface area contributed by atoms with E-state index in [2.05, 4.69) is 0 Å². The molecular formula is C24H28O5. The predicted molar refractivity (Wildman–Crippen MR) is 110 cm³/mol. The topological polar surface area (TPSA) is 61.8 Å². The molecule has 3 rings (SSSR count). The molecule has 0 heterocycles. The van der Waals surface area contributed by atoms with Crippen LogP contribution in [0.2, 0.25) is 0 Å². The van der Waals surface area contributed by atoms with Crippen LogP contribution in [0, 0.1) is 5.92 Å². The molecule has 154 valence electrons. The van der Waals surface area contributed by atoms with Gasteiger partial charge in [-0.1, -0.05) is 43.5 Å². The quantitative estimate of drug-likeness (QED) is 0.620. The Labute approximate surface area is 172 Å². The van der Waals surface area contributed by atoms with Crippen molar-refractivity contribution in [3.8, 4) is 0 Å². The zero-order valence-electron chi connectivity index (χ0n) is 17.1. The molecule has 0 unspecified atom stereocenters. The van der Waals surface area contributed by atoms with E-state index in [9.17, 15) is 9.59 Å². The van der Waals surface area contributed by atoms with Crippen molar-refractivity contribution in [2.24, 2.45) is 5.92 Å².